The van der Waals surface area contributed by atoms with Gasteiger partial charge >= 0.3 is 5.97 Å². The van der Waals surface area contributed by atoms with E-state index in [9.17, 15) is 19.8 Å². The lowest BCUT2D eigenvalue weighted by Crippen LogP contribution is -2.45. The van der Waals surface area contributed by atoms with Crippen LogP contribution in [0.3, 0.4) is 0 Å². The van der Waals surface area contributed by atoms with Crippen LogP contribution in [0.2, 0.25) is 0 Å². The van der Waals surface area contributed by atoms with Crippen molar-refractivity contribution in [3.8, 4) is 17.2 Å². The van der Waals surface area contributed by atoms with Gasteiger partial charge < -0.3 is 33.7 Å². The van der Waals surface area contributed by atoms with Gasteiger partial charge in [-0.2, -0.15) is 0 Å². The number of methoxy groups -OCH3 is 1. The molecular formula is C28H39N3O8. The Morgan fingerprint density at radius 1 is 1.23 bits per heavy atom. The first-order valence-electron chi connectivity index (χ1n) is 13.6. The Morgan fingerprint density at radius 3 is 2.69 bits per heavy atom. The minimum Gasteiger partial charge on any atom is -0.493 e. The van der Waals surface area contributed by atoms with Crippen LogP contribution in [-0.2, 0) is 16.0 Å². The van der Waals surface area contributed by atoms with Crippen molar-refractivity contribution in [1.29, 1.82) is 0 Å². The lowest BCUT2D eigenvalue weighted by molar-refractivity contribution is -0.144. The summed E-state index contributed by atoms with van der Waals surface area (Å²) in [6.07, 6.45) is 4.87. The number of aromatic nitrogens is 1. The number of aliphatic carboxylic acids is 1. The lowest BCUT2D eigenvalue weighted by atomic mass is 9.83. The van der Waals surface area contributed by atoms with Crippen LogP contribution >= 0.6 is 0 Å². The SMILES string of the molecule is CCCCN(CCCO)C(=O)CN1C[C@H](c2cc(OC)c3c(c2)OCO3)[C@@H](C(=O)O)[C@@H]1CCc1ncc(C)o1. The van der Waals surface area contributed by atoms with Crippen molar-refractivity contribution in [2.75, 3.05) is 46.7 Å². The van der Waals surface area contributed by atoms with Crippen molar-refractivity contribution in [3.63, 3.8) is 0 Å². The molecular weight excluding hydrogens is 506 g/mol. The number of benzene rings is 1. The van der Waals surface area contributed by atoms with Crippen LogP contribution in [0.15, 0.2) is 22.7 Å². The molecule has 214 valence electrons. The molecule has 2 aliphatic rings. The Morgan fingerprint density at radius 2 is 2.03 bits per heavy atom. The van der Waals surface area contributed by atoms with Crippen molar-refractivity contribution in [1.82, 2.24) is 14.8 Å². The summed E-state index contributed by atoms with van der Waals surface area (Å²) < 4.78 is 22.3. The van der Waals surface area contributed by atoms with E-state index < -0.39 is 23.8 Å². The van der Waals surface area contributed by atoms with Crippen molar-refractivity contribution in [3.05, 3.63) is 35.5 Å². The number of carbonyl (C=O) groups is 2. The summed E-state index contributed by atoms with van der Waals surface area (Å²) in [5.74, 6) is 0.569. The molecule has 11 nitrogen and oxygen atoms in total. The molecule has 0 bridgehead atoms. The van der Waals surface area contributed by atoms with Crippen LogP contribution in [0, 0.1) is 12.8 Å². The summed E-state index contributed by atoms with van der Waals surface area (Å²) in [4.78, 5) is 34.3. The fourth-order valence-corrected chi connectivity index (χ4v) is 5.59. The van der Waals surface area contributed by atoms with Gasteiger partial charge in [0.05, 0.1) is 25.8 Å². The molecule has 2 aromatic rings. The predicted octanol–water partition coefficient (Wildman–Crippen LogP) is 2.83. The quantitative estimate of drug-likeness (QED) is 0.365. The van der Waals surface area contributed by atoms with Gasteiger partial charge in [0.15, 0.2) is 17.4 Å². The Hall–Kier alpha value is -3.31. The number of carboxylic acid groups (broad SMARTS) is 1. The number of carbonyl (C=O) groups excluding carboxylic acids is 1. The first kappa shape index (κ1) is 28.7. The number of nitrogens with zero attached hydrogens (tertiary/aromatic N) is 3. The average Bonchev–Trinajstić information content (AvgIpc) is 3.65. The second-order valence-corrected chi connectivity index (χ2v) is 10.1. The monoisotopic (exact) mass is 545 g/mol. The second kappa shape index (κ2) is 13.2. The minimum absolute atomic E-state index is 0.00686. The highest BCUT2D eigenvalue weighted by Gasteiger charge is 2.47. The van der Waals surface area contributed by atoms with Gasteiger partial charge in [0.2, 0.25) is 18.4 Å². The molecule has 0 aliphatic carbocycles. The molecule has 1 saturated heterocycles. The van der Waals surface area contributed by atoms with Gasteiger partial charge in [-0.3, -0.25) is 14.5 Å². The van der Waals surface area contributed by atoms with E-state index in [4.69, 9.17) is 18.6 Å². The fraction of sp³-hybridized carbons (Fsp3) is 0.607. The zero-order chi connectivity index (χ0) is 27.9. The van der Waals surface area contributed by atoms with Gasteiger partial charge in [-0.05, 0) is 43.9 Å². The number of fused-ring (bicyclic) bond motifs is 1. The lowest BCUT2D eigenvalue weighted by Gasteiger charge is -2.29. The number of hydrogen-bond acceptors (Lipinski definition) is 9. The molecule has 39 heavy (non-hydrogen) atoms. The largest absolute Gasteiger partial charge is 0.493 e. The van der Waals surface area contributed by atoms with Crippen molar-refractivity contribution in [2.45, 2.75) is 57.9 Å². The normalized spacial score (nSPS) is 20.4. The molecule has 2 aliphatic heterocycles. The van der Waals surface area contributed by atoms with E-state index in [1.165, 1.54) is 7.11 Å². The van der Waals surface area contributed by atoms with Gasteiger partial charge in [-0.1, -0.05) is 13.3 Å². The van der Waals surface area contributed by atoms with E-state index in [1.807, 2.05) is 24.0 Å². The van der Waals surface area contributed by atoms with Crippen LogP contribution in [0.5, 0.6) is 17.2 Å². The number of hydrogen-bond donors (Lipinski definition) is 2. The number of rotatable bonds is 14. The van der Waals surface area contributed by atoms with Crippen LogP contribution < -0.4 is 14.2 Å². The molecule has 1 aromatic heterocycles. The van der Waals surface area contributed by atoms with E-state index >= 15 is 0 Å². The van der Waals surface area contributed by atoms with Crippen LogP contribution in [-0.4, -0.2) is 89.6 Å². The highest BCUT2D eigenvalue weighted by Crippen LogP contribution is 2.47. The maximum absolute atomic E-state index is 13.5. The van der Waals surface area contributed by atoms with E-state index in [0.717, 1.165) is 18.4 Å². The third kappa shape index (κ3) is 6.65. The van der Waals surface area contributed by atoms with Crippen LogP contribution in [0.1, 0.15) is 55.7 Å². The number of aliphatic hydroxyl groups excluding tert-OH is 1. The third-order valence-electron chi connectivity index (χ3n) is 7.52. The first-order valence-corrected chi connectivity index (χ1v) is 13.6. The van der Waals surface area contributed by atoms with Crippen molar-refractivity contribution < 1.29 is 38.4 Å². The third-order valence-corrected chi connectivity index (χ3v) is 7.52. The Balaban J connectivity index is 1.63. The highest BCUT2D eigenvalue weighted by atomic mass is 16.7. The maximum Gasteiger partial charge on any atom is 0.308 e. The Kier molecular flexibility index (Phi) is 9.68. The summed E-state index contributed by atoms with van der Waals surface area (Å²) in [6, 6.07) is 3.20. The number of unbranched alkanes of at least 4 members (excludes halogenated alkanes) is 1. The smallest absolute Gasteiger partial charge is 0.308 e. The number of aryl methyl sites for hydroxylation is 2. The van der Waals surface area contributed by atoms with Gasteiger partial charge in [-0.25, -0.2) is 4.98 Å². The van der Waals surface area contributed by atoms with E-state index in [-0.39, 0.29) is 25.9 Å². The molecule has 1 amide bonds. The topological polar surface area (TPSA) is 135 Å². The predicted molar refractivity (Wildman–Crippen MR) is 141 cm³/mol. The Labute approximate surface area is 228 Å². The molecule has 1 fully saturated rings. The first-order chi connectivity index (χ1) is 18.9. The van der Waals surface area contributed by atoms with E-state index in [0.29, 0.717) is 67.8 Å². The van der Waals surface area contributed by atoms with Crippen molar-refractivity contribution >= 4 is 11.9 Å². The summed E-state index contributed by atoms with van der Waals surface area (Å²) in [5, 5.41) is 19.8. The van der Waals surface area contributed by atoms with E-state index in [1.54, 1.807) is 11.1 Å². The maximum atomic E-state index is 13.5. The van der Waals surface area contributed by atoms with Crippen LogP contribution in [0.4, 0.5) is 0 Å². The van der Waals surface area contributed by atoms with Crippen molar-refractivity contribution in [2.24, 2.45) is 5.92 Å². The number of carboxylic acids is 1. The van der Waals surface area contributed by atoms with Gasteiger partial charge in [0.1, 0.15) is 5.76 Å². The molecule has 0 spiro atoms. The highest BCUT2D eigenvalue weighted by molar-refractivity contribution is 5.79. The zero-order valence-corrected chi connectivity index (χ0v) is 22.9. The molecule has 11 heteroatoms. The van der Waals surface area contributed by atoms with E-state index in [2.05, 4.69) is 11.9 Å². The Bertz CT molecular complexity index is 1130. The average molecular weight is 546 g/mol. The molecule has 3 atom stereocenters. The van der Waals surface area contributed by atoms with Gasteiger partial charge in [0, 0.05) is 44.6 Å². The van der Waals surface area contributed by atoms with Gasteiger partial charge in [0.25, 0.3) is 0 Å². The number of amides is 1. The minimum atomic E-state index is -0.928. The number of likely N-dealkylation sites (tertiary alicyclic amines) is 1. The fourth-order valence-electron chi connectivity index (χ4n) is 5.59. The summed E-state index contributed by atoms with van der Waals surface area (Å²) >= 11 is 0. The van der Waals surface area contributed by atoms with Crippen LogP contribution in [0.25, 0.3) is 0 Å². The molecule has 0 unspecified atom stereocenters. The number of ether oxygens (including phenoxy) is 3. The molecule has 2 N–H and O–H groups in total. The molecule has 0 radical (unpaired) electrons. The molecule has 1 aromatic carbocycles. The second-order valence-electron chi connectivity index (χ2n) is 10.1. The number of aliphatic hydroxyl groups is 1. The van der Waals surface area contributed by atoms with Gasteiger partial charge in [-0.15, -0.1) is 0 Å². The molecule has 0 saturated carbocycles. The molecule has 4 rings (SSSR count). The summed E-state index contributed by atoms with van der Waals surface area (Å²) in [7, 11) is 1.54. The summed E-state index contributed by atoms with van der Waals surface area (Å²) in [6.45, 7) is 5.50. The standard InChI is InChI=1S/C28H39N3O8/c1-4-5-9-30(10-6-11-32)25(33)16-31-15-20(19-12-22(36-3)27-23(13-19)37-17-38-27)26(28(34)35)21(31)7-8-24-29-14-18(2)39-24/h12-14,20-21,26,32H,4-11,15-17H2,1-3H3,(H,34,35)/t20-,21+,26-/m1/s1. The molecule has 3 heterocycles. The zero-order valence-electron chi connectivity index (χ0n) is 22.9. The number of oxazole rings is 1. The summed E-state index contributed by atoms with van der Waals surface area (Å²) in [5.41, 5.74) is 0.763.